The normalized spacial score (nSPS) is 14.4. The predicted octanol–water partition coefficient (Wildman–Crippen LogP) is 3.68. The summed E-state index contributed by atoms with van der Waals surface area (Å²) < 4.78 is 4.98. The monoisotopic (exact) mass is 321 g/mol. The maximum absolute atomic E-state index is 12.2. The number of ether oxygens (including phenoxy) is 1. The number of amides is 1. The number of hydrogen-bond donors (Lipinski definition) is 1. The SMILES string of the molecule is CCOC(=O)CCc1ccccc1C=C1C(=O)Nc2ccccc21. The van der Waals surface area contributed by atoms with Gasteiger partial charge in [0, 0.05) is 23.2 Å². The van der Waals surface area contributed by atoms with Crippen LogP contribution in [-0.2, 0) is 20.7 Å². The number of aryl methyl sites for hydroxylation is 1. The highest BCUT2D eigenvalue weighted by Gasteiger charge is 2.23. The van der Waals surface area contributed by atoms with Crippen LogP contribution in [0.25, 0.3) is 11.6 Å². The van der Waals surface area contributed by atoms with Gasteiger partial charge in [-0.1, -0.05) is 42.5 Å². The van der Waals surface area contributed by atoms with Crippen molar-refractivity contribution in [2.45, 2.75) is 19.8 Å². The van der Waals surface area contributed by atoms with Gasteiger partial charge in [-0.15, -0.1) is 0 Å². The Kier molecular flexibility index (Phi) is 4.75. The summed E-state index contributed by atoms with van der Waals surface area (Å²) in [6.07, 6.45) is 2.81. The van der Waals surface area contributed by atoms with E-state index in [4.69, 9.17) is 4.74 Å². The van der Waals surface area contributed by atoms with Gasteiger partial charge in [0.05, 0.1) is 6.61 Å². The van der Waals surface area contributed by atoms with E-state index >= 15 is 0 Å². The fourth-order valence-corrected chi connectivity index (χ4v) is 2.81. The topological polar surface area (TPSA) is 55.4 Å². The molecule has 122 valence electrons. The van der Waals surface area contributed by atoms with Crippen LogP contribution in [0.15, 0.2) is 48.5 Å². The first-order valence-corrected chi connectivity index (χ1v) is 8.05. The second-order valence-corrected chi connectivity index (χ2v) is 5.56. The molecule has 0 saturated carbocycles. The Bertz CT molecular complexity index is 808. The summed E-state index contributed by atoms with van der Waals surface area (Å²) in [5.41, 5.74) is 4.36. The largest absolute Gasteiger partial charge is 0.466 e. The van der Waals surface area contributed by atoms with Crippen molar-refractivity contribution >= 4 is 29.2 Å². The van der Waals surface area contributed by atoms with Crippen molar-refractivity contribution in [3.05, 3.63) is 65.2 Å². The minimum atomic E-state index is -0.205. The second-order valence-electron chi connectivity index (χ2n) is 5.56. The zero-order valence-electron chi connectivity index (χ0n) is 13.5. The molecule has 0 unspecified atom stereocenters. The van der Waals surface area contributed by atoms with Crippen LogP contribution in [0.5, 0.6) is 0 Å². The zero-order chi connectivity index (χ0) is 16.9. The van der Waals surface area contributed by atoms with Crippen LogP contribution in [0, 0.1) is 0 Å². The number of carbonyl (C=O) groups is 2. The molecule has 1 N–H and O–H groups in total. The molecule has 1 amide bonds. The van der Waals surface area contributed by atoms with Crippen molar-refractivity contribution in [3.63, 3.8) is 0 Å². The van der Waals surface area contributed by atoms with Gasteiger partial charge in [-0.05, 0) is 36.6 Å². The minimum absolute atomic E-state index is 0.101. The number of hydrogen-bond acceptors (Lipinski definition) is 3. The molecule has 2 aromatic rings. The Balaban J connectivity index is 1.88. The van der Waals surface area contributed by atoms with Crippen molar-refractivity contribution in [3.8, 4) is 0 Å². The van der Waals surface area contributed by atoms with E-state index in [9.17, 15) is 9.59 Å². The summed E-state index contributed by atoms with van der Waals surface area (Å²) in [5.74, 6) is -0.305. The smallest absolute Gasteiger partial charge is 0.306 e. The Hall–Kier alpha value is -2.88. The van der Waals surface area contributed by atoms with Gasteiger partial charge in [0.15, 0.2) is 0 Å². The quantitative estimate of drug-likeness (QED) is 0.675. The zero-order valence-corrected chi connectivity index (χ0v) is 13.5. The van der Waals surface area contributed by atoms with Crippen LogP contribution in [0.1, 0.15) is 30.0 Å². The molecule has 2 aromatic carbocycles. The first-order valence-electron chi connectivity index (χ1n) is 8.05. The van der Waals surface area contributed by atoms with Gasteiger partial charge in [-0.25, -0.2) is 0 Å². The Morgan fingerprint density at radius 1 is 1.12 bits per heavy atom. The van der Waals surface area contributed by atoms with E-state index in [0.29, 0.717) is 25.0 Å². The minimum Gasteiger partial charge on any atom is -0.466 e. The summed E-state index contributed by atoms with van der Waals surface area (Å²) >= 11 is 0. The highest BCUT2D eigenvalue weighted by molar-refractivity contribution is 6.34. The van der Waals surface area contributed by atoms with Gasteiger partial charge < -0.3 is 10.1 Å². The third-order valence-electron chi connectivity index (χ3n) is 3.97. The Morgan fingerprint density at radius 2 is 1.88 bits per heavy atom. The molecule has 0 saturated heterocycles. The van der Waals surface area contributed by atoms with E-state index in [1.807, 2.05) is 54.6 Å². The number of para-hydroxylation sites is 1. The van der Waals surface area contributed by atoms with Gasteiger partial charge in [-0.2, -0.15) is 0 Å². The number of anilines is 1. The molecular weight excluding hydrogens is 302 g/mol. The number of carbonyl (C=O) groups excluding carboxylic acids is 2. The molecule has 0 radical (unpaired) electrons. The van der Waals surface area contributed by atoms with E-state index in [0.717, 1.165) is 22.4 Å². The van der Waals surface area contributed by atoms with Gasteiger partial charge in [0.25, 0.3) is 5.91 Å². The van der Waals surface area contributed by atoms with E-state index in [-0.39, 0.29) is 11.9 Å². The van der Waals surface area contributed by atoms with Crippen LogP contribution in [0.4, 0.5) is 5.69 Å². The lowest BCUT2D eigenvalue weighted by Crippen LogP contribution is -2.06. The molecule has 4 nitrogen and oxygen atoms in total. The number of rotatable bonds is 5. The molecule has 0 bridgehead atoms. The van der Waals surface area contributed by atoms with Crippen molar-refractivity contribution in [2.24, 2.45) is 0 Å². The number of esters is 1. The third-order valence-corrected chi connectivity index (χ3v) is 3.97. The van der Waals surface area contributed by atoms with Crippen LogP contribution in [-0.4, -0.2) is 18.5 Å². The molecule has 4 heteroatoms. The lowest BCUT2D eigenvalue weighted by Gasteiger charge is -2.07. The van der Waals surface area contributed by atoms with E-state index in [1.165, 1.54) is 0 Å². The van der Waals surface area contributed by atoms with Gasteiger partial charge in [-0.3, -0.25) is 9.59 Å². The molecule has 0 atom stereocenters. The average molecular weight is 321 g/mol. The summed E-state index contributed by atoms with van der Waals surface area (Å²) in [5, 5.41) is 2.87. The van der Waals surface area contributed by atoms with Crippen molar-refractivity contribution in [1.82, 2.24) is 0 Å². The molecular formula is C20H19NO3. The molecule has 1 heterocycles. The molecule has 0 aromatic heterocycles. The molecule has 0 spiro atoms. The fraction of sp³-hybridized carbons (Fsp3) is 0.200. The molecule has 0 aliphatic carbocycles. The van der Waals surface area contributed by atoms with Gasteiger partial charge in [0.2, 0.25) is 0 Å². The molecule has 3 rings (SSSR count). The predicted molar refractivity (Wildman–Crippen MR) is 94.3 cm³/mol. The maximum atomic E-state index is 12.2. The van der Waals surface area contributed by atoms with Crippen LogP contribution in [0.2, 0.25) is 0 Å². The molecule has 1 aliphatic heterocycles. The van der Waals surface area contributed by atoms with Crippen LogP contribution in [0.3, 0.4) is 0 Å². The second kappa shape index (κ2) is 7.13. The molecule has 24 heavy (non-hydrogen) atoms. The highest BCUT2D eigenvalue weighted by Crippen LogP contribution is 2.33. The van der Waals surface area contributed by atoms with Crippen LogP contribution >= 0.6 is 0 Å². The lowest BCUT2D eigenvalue weighted by atomic mass is 9.98. The maximum Gasteiger partial charge on any atom is 0.306 e. The average Bonchev–Trinajstić information content (AvgIpc) is 2.90. The summed E-state index contributed by atoms with van der Waals surface area (Å²) in [6, 6.07) is 15.4. The molecule has 1 aliphatic rings. The van der Waals surface area contributed by atoms with Crippen molar-refractivity contribution < 1.29 is 14.3 Å². The summed E-state index contributed by atoms with van der Waals surface area (Å²) in [4.78, 5) is 23.8. The van der Waals surface area contributed by atoms with E-state index in [1.54, 1.807) is 6.92 Å². The molecule has 0 fully saturated rings. The first kappa shape index (κ1) is 16.0. The fourth-order valence-electron chi connectivity index (χ4n) is 2.81. The number of benzene rings is 2. The first-order chi connectivity index (χ1) is 11.7. The highest BCUT2D eigenvalue weighted by atomic mass is 16.5. The Labute approximate surface area is 141 Å². The summed E-state index contributed by atoms with van der Waals surface area (Å²) in [7, 11) is 0. The standard InChI is InChI=1S/C20H19NO3/c1-2-24-19(22)12-11-14-7-3-4-8-15(14)13-17-16-9-5-6-10-18(16)21-20(17)23/h3-10,13H,2,11-12H2,1H3,(H,21,23). The van der Waals surface area contributed by atoms with Crippen molar-refractivity contribution in [1.29, 1.82) is 0 Å². The third kappa shape index (κ3) is 3.38. The lowest BCUT2D eigenvalue weighted by molar-refractivity contribution is -0.143. The Morgan fingerprint density at radius 3 is 2.71 bits per heavy atom. The van der Waals surface area contributed by atoms with Crippen molar-refractivity contribution in [2.75, 3.05) is 11.9 Å². The number of nitrogens with one attached hydrogen (secondary N) is 1. The van der Waals surface area contributed by atoms with Crippen LogP contribution < -0.4 is 5.32 Å². The number of fused-ring (bicyclic) bond motifs is 1. The van der Waals surface area contributed by atoms with E-state index in [2.05, 4.69) is 5.32 Å². The summed E-state index contributed by atoms with van der Waals surface area (Å²) in [6.45, 7) is 2.19. The van der Waals surface area contributed by atoms with Gasteiger partial charge in [0.1, 0.15) is 0 Å². The van der Waals surface area contributed by atoms with E-state index < -0.39 is 0 Å². The van der Waals surface area contributed by atoms with Gasteiger partial charge >= 0.3 is 5.97 Å².